The van der Waals surface area contributed by atoms with Crippen molar-refractivity contribution in [3.63, 3.8) is 0 Å². The van der Waals surface area contributed by atoms with E-state index in [9.17, 15) is 30.3 Å². The molecule has 0 saturated carbocycles. The van der Waals surface area contributed by atoms with Crippen molar-refractivity contribution in [1.82, 2.24) is 5.32 Å². The molecule has 7 atom stereocenters. The van der Waals surface area contributed by atoms with E-state index in [4.69, 9.17) is 9.47 Å². The van der Waals surface area contributed by atoms with Crippen LogP contribution in [0.4, 0.5) is 0 Å². The molecule has 0 aliphatic carbocycles. The maximum Gasteiger partial charge on any atom is 0.220 e. The number of allylic oxidation sites excluding steroid dienone is 21. The fourth-order valence-electron chi connectivity index (χ4n) is 11.4. The number of unbranched alkanes of at least 4 members (excludes halogenated alkanes) is 35. The molecular weight excluding hydrogens is 1130 g/mol. The van der Waals surface area contributed by atoms with Gasteiger partial charge in [0.05, 0.1) is 25.4 Å². The molecule has 91 heavy (non-hydrogen) atoms. The van der Waals surface area contributed by atoms with Gasteiger partial charge < -0.3 is 40.3 Å². The predicted octanol–water partition coefficient (Wildman–Crippen LogP) is 21.5. The molecule has 0 aromatic heterocycles. The SMILES string of the molecule is CC/C=C\C/C=C\C/C=C\C/C=C\C/C=C\C/C=C\C/C=C\C/C=C\C/C=C\C/C=C\CCCCCCC(=O)NC(COC1OC(CO)C(O)C(O)C1O)C(O)/C=C/CCCCCCCCCCCCCCCCCCCCCCCCCCCCCCCCC. The van der Waals surface area contributed by atoms with Crippen LogP contribution >= 0.6 is 0 Å². The lowest BCUT2D eigenvalue weighted by Crippen LogP contribution is -2.60. The number of nitrogens with one attached hydrogen (secondary N) is 1. The van der Waals surface area contributed by atoms with Crippen LogP contribution in [0.25, 0.3) is 0 Å². The third kappa shape index (κ3) is 57.5. The smallest absolute Gasteiger partial charge is 0.220 e. The van der Waals surface area contributed by atoms with Crippen LogP contribution < -0.4 is 5.32 Å². The van der Waals surface area contributed by atoms with E-state index >= 15 is 0 Å². The minimum Gasteiger partial charge on any atom is -0.394 e. The summed E-state index contributed by atoms with van der Waals surface area (Å²) in [5.41, 5.74) is 0. The van der Waals surface area contributed by atoms with Crippen LogP contribution in [0.1, 0.15) is 322 Å². The summed E-state index contributed by atoms with van der Waals surface area (Å²) in [7, 11) is 0. The summed E-state index contributed by atoms with van der Waals surface area (Å²) in [4.78, 5) is 13.1. The first-order valence-corrected chi connectivity index (χ1v) is 37.9. The number of hydrogen-bond donors (Lipinski definition) is 6. The van der Waals surface area contributed by atoms with Crippen LogP contribution in [0.2, 0.25) is 0 Å². The van der Waals surface area contributed by atoms with E-state index in [-0.39, 0.29) is 12.5 Å². The molecule has 1 fully saturated rings. The van der Waals surface area contributed by atoms with Crippen molar-refractivity contribution in [1.29, 1.82) is 0 Å². The summed E-state index contributed by atoms with van der Waals surface area (Å²) in [5.74, 6) is -0.203. The summed E-state index contributed by atoms with van der Waals surface area (Å²) in [6.07, 6.45) is 98.5. The first kappa shape index (κ1) is 85.3. The average molecular weight is 1270 g/mol. The molecular formula is C82H141NO8. The molecule has 1 heterocycles. The zero-order chi connectivity index (χ0) is 65.7. The number of rotatable bonds is 65. The maximum atomic E-state index is 13.1. The zero-order valence-electron chi connectivity index (χ0n) is 58.6. The van der Waals surface area contributed by atoms with Crippen LogP contribution in [-0.2, 0) is 14.3 Å². The highest BCUT2D eigenvalue weighted by atomic mass is 16.7. The highest BCUT2D eigenvalue weighted by molar-refractivity contribution is 5.76. The predicted molar refractivity (Wildman–Crippen MR) is 391 cm³/mol. The maximum absolute atomic E-state index is 13.1. The standard InChI is InChI=1S/C82H141NO8/c1-3-5-7-9-11-13-15-17-19-21-23-25-27-29-31-33-35-37-38-40-42-44-46-48-50-52-54-56-58-60-62-64-66-68-70-72-78(86)83-75(74-90-82-81(89)80(88)79(87)77(73-84)91-82)76(85)71-69-67-65-63-61-59-57-55-53-51-49-47-45-43-41-39-36-34-32-30-28-26-24-22-20-18-16-14-12-10-8-6-4-2/h5,7,11,13,17,19,23,25,29,31,35,37,40,42,46,48,52,54,58,60,69,71,75-77,79-82,84-85,87-89H,3-4,6,8-10,12,14-16,18,20-22,24,26-28,30,32-34,36,38-39,41,43-45,47,49-51,53,55-57,59,61-68,70,72-74H2,1-2H3,(H,83,86)/b7-5-,13-11-,19-17-,25-23-,31-29-,37-35-,42-40-,48-46-,54-52-,60-58-,71-69+. The Hall–Kier alpha value is -3.67. The van der Waals surface area contributed by atoms with Gasteiger partial charge in [0.1, 0.15) is 24.4 Å². The molecule has 6 N–H and O–H groups in total. The lowest BCUT2D eigenvalue weighted by molar-refractivity contribution is -0.302. The van der Waals surface area contributed by atoms with Crippen LogP contribution in [0.5, 0.6) is 0 Å². The third-order valence-electron chi connectivity index (χ3n) is 17.2. The number of amides is 1. The van der Waals surface area contributed by atoms with Gasteiger partial charge in [-0.15, -0.1) is 0 Å². The molecule has 1 saturated heterocycles. The molecule has 7 unspecified atom stereocenters. The molecule has 0 aromatic carbocycles. The fourth-order valence-corrected chi connectivity index (χ4v) is 11.4. The van der Waals surface area contributed by atoms with E-state index < -0.39 is 49.5 Å². The van der Waals surface area contributed by atoms with Gasteiger partial charge in [0.2, 0.25) is 5.91 Å². The average Bonchev–Trinajstić information content (AvgIpc) is 1.58. The van der Waals surface area contributed by atoms with Crippen molar-refractivity contribution < 1.29 is 39.8 Å². The van der Waals surface area contributed by atoms with Crippen molar-refractivity contribution >= 4 is 5.91 Å². The molecule has 522 valence electrons. The van der Waals surface area contributed by atoms with Gasteiger partial charge in [0.25, 0.3) is 0 Å². The van der Waals surface area contributed by atoms with E-state index in [2.05, 4.69) is 141 Å². The summed E-state index contributed by atoms with van der Waals surface area (Å²) >= 11 is 0. The van der Waals surface area contributed by atoms with Gasteiger partial charge in [0.15, 0.2) is 6.29 Å². The summed E-state index contributed by atoms with van der Waals surface area (Å²) in [6, 6.07) is -0.832. The van der Waals surface area contributed by atoms with Crippen LogP contribution in [0, 0.1) is 0 Å². The second-order valence-corrected chi connectivity index (χ2v) is 25.7. The minimum atomic E-state index is -1.58. The van der Waals surface area contributed by atoms with E-state index in [1.807, 2.05) is 6.08 Å². The van der Waals surface area contributed by atoms with Gasteiger partial charge in [-0.2, -0.15) is 0 Å². The van der Waals surface area contributed by atoms with Crippen molar-refractivity contribution in [2.45, 2.75) is 365 Å². The zero-order valence-corrected chi connectivity index (χ0v) is 58.6. The van der Waals surface area contributed by atoms with E-state index in [1.54, 1.807) is 6.08 Å². The molecule has 1 aliphatic rings. The first-order chi connectivity index (χ1) is 44.8. The Morgan fingerprint density at radius 1 is 0.385 bits per heavy atom. The van der Waals surface area contributed by atoms with Gasteiger partial charge >= 0.3 is 0 Å². The fraction of sp³-hybridized carbons (Fsp3) is 0.720. The molecule has 9 nitrogen and oxygen atoms in total. The summed E-state index contributed by atoms with van der Waals surface area (Å²) < 4.78 is 11.3. The highest BCUT2D eigenvalue weighted by Gasteiger charge is 2.44. The topological polar surface area (TPSA) is 149 Å². The number of carbonyl (C=O) groups is 1. The van der Waals surface area contributed by atoms with E-state index in [0.29, 0.717) is 6.42 Å². The largest absolute Gasteiger partial charge is 0.394 e. The molecule has 0 spiro atoms. The molecule has 1 rings (SSSR count). The lowest BCUT2D eigenvalue weighted by Gasteiger charge is -2.40. The van der Waals surface area contributed by atoms with Gasteiger partial charge in [-0.1, -0.05) is 353 Å². The number of carbonyl (C=O) groups excluding carboxylic acids is 1. The van der Waals surface area contributed by atoms with Gasteiger partial charge in [-0.25, -0.2) is 0 Å². The Kier molecular flexibility index (Phi) is 64.9. The summed E-state index contributed by atoms with van der Waals surface area (Å²) in [5, 5.41) is 54.8. The Balaban J connectivity index is 2.16. The number of hydrogen-bond acceptors (Lipinski definition) is 8. The second-order valence-electron chi connectivity index (χ2n) is 25.7. The number of ether oxygens (including phenoxy) is 2. The number of aliphatic hydroxyl groups excluding tert-OH is 5. The molecule has 0 radical (unpaired) electrons. The molecule has 9 heteroatoms. The lowest BCUT2D eigenvalue weighted by atomic mass is 9.99. The highest BCUT2D eigenvalue weighted by Crippen LogP contribution is 2.23. The molecule has 0 bridgehead atoms. The third-order valence-corrected chi connectivity index (χ3v) is 17.2. The second kappa shape index (κ2) is 69.2. The Bertz CT molecular complexity index is 1910. The summed E-state index contributed by atoms with van der Waals surface area (Å²) in [6.45, 7) is 3.68. The quantitative estimate of drug-likeness (QED) is 0.0261. The number of aliphatic hydroxyl groups is 5. The van der Waals surface area contributed by atoms with E-state index in [0.717, 1.165) is 116 Å². The van der Waals surface area contributed by atoms with Crippen molar-refractivity contribution in [3.8, 4) is 0 Å². The monoisotopic (exact) mass is 1270 g/mol. The molecule has 1 amide bonds. The minimum absolute atomic E-state index is 0.203. The van der Waals surface area contributed by atoms with Crippen molar-refractivity contribution in [2.75, 3.05) is 13.2 Å². The van der Waals surface area contributed by atoms with Gasteiger partial charge in [-0.05, 0) is 96.3 Å². The molecule has 1 aliphatic heterocycles. The first-order valence-electron chi connectivity index (χ1n) is 37.9. The van der Waals surface area contributed by atoms with Crippen LogP contribution in [0.15, 0.2) is 134 Å². The Morgan fingerprint density at radius 3 is 1.01 bits per heavy atom. The van der Waals surface area contributed by atoms with E-state index in [1.165, 1.54) is 186 Å². The van der Waals surface area contributed by atoms with Crippen LogP contribution in [-0.4, -0.2) is 87.5 Å². The Morgan fingerprint density at radius 2 is 0.681 bits per heavy atom. The van der Waals surface area contributed by atoms with Crippen molar-refractivity contribution in [3.05, 3.63) is 134 Å². The van der Waals surface area contributed by atoms with Crippen molar-refractivity contribution in [2.24, 2.45) is 0 Å². The normalized spacial score (nSPS) is 18.5. The van der Waals surface area contributed by atoms with Gasteiger partial charge in [0, 0.05) is 6.42 Å². The van der Waals surface area contributed by atoms with Gasteiger partial charge in [-0.3, -0.25) is 4.79 Å². The molecule has 0 aromatic rings. The Labute approximate surface area is 560 Å². The van der Waals surface area contributed by atoms with Crippen LogP contribution in [0.3, 0.4) is 0 Å².